The van der Waals surface area contributed by atoms with Crippen molar-refractivity contribution in [3.63, 3.8) is 0 Å². The predicted molar refractivity (Wildman–Crippen MR) is 102 cm³/mol. The van der Waals surface area contributed by atoms with Crippen molar-refractivity contribution < 1.29 is 9.53 Å². The Morgan fingerprint density at radius 3 is 2.93 bits per heavy atom. The number of carbonyl (C=O) groups is 1. The van der Waals surface area contributed by atoms with Crippen LogP contribution in [0.5, 0.6) is 0 Å². The Morgan fingerprint density at radius 2 is 2.19 bits per heavy atom. The lowest BCUT2D eigenvalue weighted by molar-refractivity contribution is -0.132. The maximum atomic E-state index is 12.7. The van der Waals surface area contributed by atoms with Crippen LogP contribution in [0.1, 0.15) is 44.9 Å². The molecule has 4 heterocycles. The Kier molecular flexibility index (Phi) is 4.46. The molecule has 2 aromatic rings. The Bertz CT molecular complexity index is 847. The highest BCUT2D eigenvalue weighted by Crippen LogP contribution is 2.40. The van der Waals surface area contributed by atoms with Crippen LogP contribution in [0.25, 0.3) is 11.4 Å². The van der Waals surface area contributed by atoms with E-state index in [9.17, 15) is 4.79 Å². The second-order valence-electron chi connectivity index (χ2n) is 8.89. The Balaban J connectivity index is 1.64. The third-order valence-electron chi connectivity index (χ3n) is 5.31. The summed E-state index contributed by atoms with van der Waals surface area (Å²) in [5.74, 6) is 0.899. The van der Waals surface area contributed by atoms with E-state index in [2.05, 4.69) is 30.7 Å². The van der Waals surface area contributed by atoms with Gasteiger partial charge in [-0.3, -0.25) is 9.78 Å². The molecular formula is C21H26N4O2. The molecule has 27 heavy (non-hydrogen) atoms. The fraction of sp³-hybridized carbons (Fsp3) is 0.524. The van der Waals surface area contributed by atoms with Crippen LogP contribution in [-0.4, -0.2) is 45.5 Å². The van der Waals surface area contributed by atoms with Crippen molar-refractivity contribution in [2.75, 3.05) is 19.7 Å². The molecule has 0 aromatic carbocycles. The lowest BCUT2D eigenvalue weighted by Gasteiger charge is -2.34. The minimum Gasteiger partial charge on any atom is -0.376 e. The third kappa shape index (κ3) is 3.58. The molecule has 4 rings (SSSR count). The van der Waals surface area contributed by atoms with E-state index in [-0.39, 0.29) is 16.7 Å². The molecule has 2 aliphatic heterocycles. The summed E-state index contributed by atoms with van der Waals surface area (Å²) in [6, 6.07) is 3.86. The lowest BCUT2D eigenvalue weighted by Crippen LogP contribution is -2.42. The van der Waals surface area contributed by atoms with Crippen molar-refractivity contribution in [1.29, 1.82) is 0 Å². The van der Waals surface area contributed by atoms with E-state index in [1.807, 2.05) is 23.2 Å². The average Bonchev–Trinajstić information content (AvgIpc) is 3.06. The van der Waals surface area contributed by atoms with E-state index in [1.165, 1.54) is 0 Å². The van der Waals surface area contributed by atoms with Crippen LogP contribution in [0.3, 0.4) is 0 Å². The quantitative estimate of drug-likeness (QED) is 0.817. The smallest absolute Gasteiger partial charge is 0.223 e. The molecule has 0 N–H and O–H groups in total. The van der Waals surface area contributed by atoms with E-state index in [4.69, 9.17) is 9.72 Å². The van der Waals surface area contributed by atoms with Gasteiger partial charge in [0.05, 0.1) is 24.3 Å². The standard InChI is InChI=1S/C21H26N4O2/c1-20(2,3)9-17(26)25-8-6-21(13-25)14-27-12-16-11-23-19(24-18(16)21)15-5-4-7-22-10-15/h4-5,7,10-11H,6,8-9,12-14H2,1-3H3. The molecular weight excluding hydrogens is 340 g/mol. The monoisotopic (exact) mass is 366 g/mol. The van der Waals surface area contributed by atoms with Gasteiger partial charge in [-0.25, -0.2) is 9.97 Å². The summed E-state index contributed by atoms with van der Waals surface area (Å²) in [5, 5.41) is 0. The molecule has 1 unspecified atom stereocenters. The predicted octanol–water partition coefficient (Wildman–Crippen LogP) is 2.98. The molecule has 1 spiro atoms. The van der Waals surface area contributed by atoms with Crippen molar-refractivity contribution in [1.82, 2.24) is 19.9 Å². The largest absolute Gasteiger partial charge is 0.376 e. The first-order valence-corrected chi connectivity index (χ1v) is 9.49. The molecule has 1 fully saturated rings. The second kappa shape index (κ2) is 6.68. The molecule has 2 aliphatic rings. The molecule has 6 heteroatoms. The van der Waals surface area contributed by atoms with Gasteiger partial charge in [-0.1, -0.05) is 20.8 Å². The number of fused-ring (bicyclic) bond motifs is 2. The SMILES string of the molecule is CC(C)(C)CC(=O)N1CCC2(COCc3cnc(-c4cccnc4)nc32)C1. The zero-order valence-electron chi connectivity index (χ0n) is 16.2. The Hall–Kier alpha value is -2.34. The number of ether oxygens (including phenoxy) is 1. The van der Waals surface area contributed by atoms with Crippen molar-refractivity contribution in [3.05, 3.63) is 42.0 Å². The molecule has 2 aromatic heterocycles. The highest BCUT2D eigenvalue weighted by molar-refractivity contribution is 5.77. The highest BCUT2D eigenvalue weighted by atomic mass is 16.5. The average molecular weight is 366 g/mol. The summed E-state index contributed by atoms with van der Waals surface area (Å²) in [5.41, 5.74) is 2.72. The summed E-state index contributed by atoms with van der Waals surface area (Å²) < 4.78 is 5.88. The molecule has 0 bridgehead atoms. The van der Waals surface area contributed by atoms with Crippen LogP contribution in [0.15, 0.2) is 30.7 Å². The van der Waals surface area contributed by atoms with E-state index in [0.717, 1.165) is 29.8 Å². The fourth-order valence-electron chi connectivity index (χ4n) is 3.99. The Labute approximate surface area is 160 Å². The zero-order valence-corrected chi connectivity index (χ0v) is 16.2. The van der Waals surface area contributed by atoms with Gasteiger partial charge in [-0.05, 0) is 24.0 Å². The summed E-state index contributed by atoms with van der Waals surface area (Å²) in [6.07, 6.45) is 6.82. The van der Waals surface area contributed by atoms with Crippen LogP contribution in [0.4, 0.5) is 0 Å². The number of nitrogens with zero attached hydrogens (tertiary/aromatic N) is 4. The topological polar surface area (TPSA) is 68.2 Å². The number of hydrogen-bond donors (Lipinski definition) is 0. The van der Waals surface area contributed by atoms with Gasteiger partial charge in [0.25, 0.3) is 0 Å². The van der Waals surface area contributed by atoms with Gasteiger partial charge in [0.2, 0.25) is 5.91 Å². The minimum absolute atomic E-state index is 0.0105. The van der Waals surface area contributed by atoms with E-state index in [0.29, 0.717) is 32.0 Å². The Morgan fingerprint density at radius 1 is 1.33 bits per heavy atom. The lowest BCUT2D eigenvalue weighted by atomic mass is 9.80. The zero-order chi connectivity index (χ0) is 19.1. The second-order valence-corrected chi connectivity index (χ2v) is 8.89. The van der Waals surface area contributed by atoms with E-state index < -0.39 is 0 Å². The number of aromatic nitrogens is 3. The number of rotatable bonds is 2. The summed E-state index contributed by atoms with van der Waals surface area (Å²) in [4.78, 5) is 28.3. The third-order valence-corrected chi connectivity index (χ3v) is 5.31. The molecule has 1 atom stereocenters. The first-order valence-electron chi connectivity index (χ1n) is 9.49. The summed E-state index contributed by atoms with van der Waals surface area (Å²) >= 11 is 0. The van der Waals surface area contributed by atoms with Gasteiger partial charge in [0.15, 0.2) is 5.82 Å². The molecule has 142 valence electrons. The van der Waals surface area contributed by atoms with Crippen LogP contribution < -0.4 is 0 Å². The minimum atomic E-state index is -0.235. The van der Waals surface area contributed by atoms with Crippen molar-refractivity contribution in [3.8, 4) is 11.4 Å². The van der Waals surface area contributed by atoms with Gasteiger partial charge in [-0.15, -0.1) is 0 Å². The molecule has 0 saturated carbocycles. The van der Waals surface area contributed by atoms with Crippen LogP contribution >= 0.6 is 0 Å². The van der Waals surface area contributed by atoms with E-state index in [1.54, 1.807) is 12.4 Å². The fourth-order valence-corrected chi connectivity index (χ4v) is 3.99. The van der Waals surface area contributed by atoms with Gasteiger partial charge < -0.3 is 9.64 Å². The van der Waals surface area contributed by atoms with Gasteiger partial charge in [-0.2, -0.15) is 0 Å². The summed E-state index contributed by atoms with van der Waals surface area (Å²) in [7, 11) is 0. The van der Waals surface area contributed by atoms with Crippen molar-refractivity contribution in [2.24, 2.45) is 5.41 Å². The number of amides is 1. The number of likely N-dealkylation sites (tertiary alicyclic amines) is 1. The maximum Gasteiger partial charge on any atom is 0.223 e. The van der Waals surface area contributed by atoms with E-state index >= 15 is 0 Å². The van der Waals surface area contributed by atoms with Gasteiger partial charge in [0, 0.05) is 49.2 Å². The van der Waals surface area contributed by atoms with Gasteiger partial charge in [0.1, 0.15) is 0 Å². The molecule has 1 amide bonds. The highest BCUT2D eigenvalue weighted by Gasteiger charge is 2.46. The molecule has 0 radical (unpaired) electrons. The van der Waals surface area contributed by atoms with Crippen molar-refractivity contribution >= 4 is 5.91 Å². The number of pyridine rings is 1. The maximum absolute atomic E-state index is 12.7. The van der Waals surface area contributed by atoms with Crippen molar-refractivity contribution in [2.45, 2.75) is 45.6 Å². The molecule has 6 nitrogen and oxygen atoms in total. The van der Waals surface area contributed by atoms with Crippen LogP contribution in [0, 0.1) is 5.41 Å². The summed E-state index contributed by atoms with van der Waals surface area (Å²) in [6.45, 7) is 8.85. The molecule has 1 saturated heterocycles. The number of hydrogen-bond acceptors (Lipinski definition) is 5. The van der Waals surface area contributed by atoms with Crippen LogP contribution in [0.2, 0.25) is 0 Å². The normalized spacial score (nSPS) is 22.1. The van der Waals surface area contributed by atoms with Gasteiger partial charge >= 0.3 is 0 Å². The van der Waals surface area contributed by atoms with Crippen LogP contribution in [-0.2, 0) is 21.6 Å². The molecule has 0 aliphatic carbocycles. The number of carbonyl (C=O) groups excluding carboxylic acids is 1. The first kappa shape index (κ1) is 18.0. The first-order chi connectivity index (χ1) is 12.9.